The van der Waals surface area contributed by atoms with E-state index in [9.17, 15) is 14.4 Å². The third kappa shape index (κ3) is 7.19. The number of likely N-dealkylation sites (tertiary alicyclic amines) is 1. The number of nitrogens with zero attached hydrogens (tertiary/aromatic N) is 1. The number of piperidine rings is 1. The Morgan fingerprint density at radius 2 is 1.58 bits per heavy atom. The first-order valence-corrected chi connectivity index (χ1v) is 18.8. The van der Waals surface area contributed by atoms with Gasteiger partial charge in [0, 0.05) is 13.1 Å². The summed E-state index contributed by atoms with van der Waals surface area (Å²) in [5.41, 5.74) is -0.659. The second-order valence-electron chi connectivity index (χ2n) is 18.0. The number of carbonyl (C=O) groups is 3. The lowest BCUT2D eigenvalue weighted by atomic mass is 9.43. The number of amides is 2. The summed E-state index contributed by atoms with van der Waals surface area (Å²) in [5.74, 6) is 0.0233. The van der Waals surface area contributed by atoms with Crippen LogP contribution in [0.15, 0.2) is 48.5 Å². The Kier molecular flexibility index (Phi) is 10.0. The van der Waals surface area contributed by atoms with E-state index in [1.165, 1.54) is 7.11 Å². The molecule has 3 saturated carbocycles. The van der Waals surface area contributed by atoms with Gasteiger partial charge < -0.3 is 33.7 Å². The summed E-state index contributed by atoms with van der Waals surface area (Å²) < 4.78 is 31.0. The summed E-state index contributed by atoms with van der Waals surface area (Å²) in [6.07, 6.45) is 2.64. The molecule has 0 aromatic heterocycles. The van der Waals surface area contributed by atoms with Crippen LogP contribution in [0.5, 0.6) is 5.75 Å². The van der Waals surface area contributed by atoms with E-state index in [4.69, 9.17) is 23.5 Å². The van der Waals surface area contributed by atoms with Crippen molar-refractivity contribution in [3.63, 3.8) is 0 Å². The van der Waals surface area contributed by atoms with Crippen molar-refractivity contribution in [3.05, 3.63) is 65.2 Å². The molecular weight excluding hydrogens is 659 g/mol. The van der Waals surface area contributed by atoms with Gasteiger partial charge in [0.25, 0.3) is 0 Å². The predicted molar refractivity (Wildman–Crippen MR) is 199 cm³/mol. The van der Waals surface area contributed by atoms with Crippen molar-refractivity contribution < 1.29 is 37.9 Å². The molecule has 0 radical (unpaired) electrons. The Balaban J connectivity index is 1.33. The number of carbonyl (C=O) groups excluding carboxylic acids is 3. The lowest BCUT2D eigenvalue weighted by Crippen LogP contribution is -2.65. The molecule has 52 heavy (non-hydrogen) atoms. The van der Waals surface area contributed by atoms with Crippen LogP contribution in [-0.4, -0.2) is 79.0 Å². The molecule has 1 N–H and O–H groups in total. The molecule has 3 aliphatic carbocycles. The van der Waals surface area contributed by atoms with Crippen molar-refractivity contribution in [1.29, 1.82) is 0 Å². The van der Waals surface area contributed by atoms with Crippen LogP contribution in [0.25, 0.3) is 0 Å². The Bertz CT molecular complexity index is 1660. The van der Waals surface area contributed by atoms with E-state index in [1.807, 2.05) is 84.0 Å². The monoisotopic (exact) mass is 716 g/mol. The van der Waals surface area contributed by atoms with E-state index in [2.05, 4.69) is 26.1 Å². The van der Waals surface area contributed by atoms with Gasteiger partial charge in [0.05, 0.1) is 30.2 Å². The third-order valence-electron chi connectivity index (χ3n) is 12.0. The SMILES string of the molecule is COc1c(C[C@H](NC(=O)C2(c3ccccc3)CCN(C(=O)OC(C)(C)C)CC2)B2OC3CC4CC(C4(C)C)C3(C)O2)cccc1C(=O)OC(C)(C)C. The summed E-state index contributed by atoms with van der Waals surface area (Å²) in [4.78, 5) is 43.0. The number of ether oxygens (including phenoxy) is 3. The van der Waals surface area contributed by atoms with Gasteiger partial charge in [-0.3, -0.25) is 4.79 Å². The fourth-order valence-corrected chi connectivity index (χ4v) is 9.11. The van der Waals surface area contributed by atoms with Crippen LogP contribution in [0.4, 0.5) is 4.79 Å². The minimum Gasteiger partial charge on any atom is -0.496 e. The number of para-hydroxylation sites is 1. The van der Waals surface area contributed by atoms with Crippen LogP contribution in [0.2, 0.25) is 0 Å². The van der Waals surface area contributed by atoms with Crippen LogP contribution < -0.4 is 10.1 Å². The first-order valence-electron chi connectivity index (χ1n) is 18.8. The number of esters is 1. The molecule has 5 aliphatic rings. The predicted octanol–water partition coefficient (Wildman–Crippen LogP) is 6.91. The van der Waals surface area contributed by atoms with E-state index >= 15 is 0 Å². The number of rotatable bonds is 8. The van der Waals surface area contributed by atoms with E-state index in [-0.39, 0.29) is 29.9 Å². The Morgan fingerprint density at radius 3 is 2.17 bits per heavy atom. The quantitative estimate of drug-likeness (QED) is 0.232. The van der Waals surface area contributed by atoms with Crippen LogP contribution in [0.3, 0.4) is 0 Å². The average Bonchev–Trinajstić information content (AvgIpc) is 3.44. The Labute approximate surface area is 309 Å². The summed E-state index contributed by atoms with van der Waals surface area (Å²) in [6, 6.07) is 15.2. The fraction of sp³-hybridized carbons (Fsp3) is 0.634. The van der Waals surface area contributed by atoms with Gasteiger partial charge in [-0.25, -0.2) is 9.59 Å². The average molecular weight is 717 g/mol. The van der Waals surface area contributed by atoms with Gasteiger partial charge in [0.15, 0.2) is 0 Å². The normalized spacial score (nSPS) is 26.8. The van der Waals surface area contributed by atoms with Crippen molar-refractivity contribution in [2.75, 3.05) is 20.2 Å². The van der Waals surface area contributed by atoms with Crippen LogP contribution in [0, 0.1) is 17.3 Å². The molecule has 2 heterocycles. The topological polar surface area (TPSA) is 113 Å². The maximum absolute atomic E-state index is 15.0. The van der Waals surface area contributed by atoms with Crippen molar-refractivity contribution in [3.8, 4) is 5.75 Å². The van der Waals surface area contributed by atoms with Gasteiger partial charge in [-0.15, -0.1) is 0 Å². The molecule has 2 saturated heterocycles. The Hall–Kier alpha value is -3.57. The smallest absolute Gasteiger partial charge is 0.482 e. The molecule has 11 heteroatoms. The number of methoxy groups -OCH3 is 1. The highest BCUT2D eigenvalue weighted by molar-refractivity contribution is 6.48. The van der Waals surface area contributed by atoms with Crippen molar-refractivity contribution >= 4 is 25.1 Å². The van der Waals surface area contributed by atoms with Crippen LogP contribution >= 0.6 is 0 Å². The van der Waals surface area contributed by atoms with Crippen molar-refractivity contribution in [2.45, 2.75) is 129 Å². The second kappa shape index (κ2) is 13.7. The highest BCUT2D eigenvalue weighted by Gasteiger charge is 2.68. The van der Waals surface area contributed by atoms with E-state index in [1.54, 1.807) is 11.0 Å². The number of benzene rings is 2. The number of hydrogen-bond donors (Lipinski definition) is 1. The maximum atomic E-state index is 15.0. The minimum absolute atomic E-state index is 0.0937. The van der Waals surface area contributed by atoms with Crippen molar-refractivity contribution in [1.82, 2.24) is 10.2 Å². The first kappa shape index (κ1) is 38.2. The lowest BCUT2D eigenvalue weighted by Gasteiger charge is -2.64. The largest absolute Gasteiger partial charge is 0.496 e. The lowest BCUT2D eigenvalue weighted by molar-refractivity contribution is -0.199. The molecule has 0 spiro atoms. The minimum atomic E-state index is -0.917. The maximum Gasteiger partial charge on any atom is 0.482 e. The second-order valence-corrected chi connectivity index (χ2v) is 18.0. The standard InChI is InChI=1S/C41H57BN2O8/c1-37(2,3)49-34(45)29-18-14-15-26(33(29)48-10)23-32(42-51-31-25-28-24-30(39(28,7)8)40(31,9)52-42)43-35(46)41(27-16-12-11-13-17-27)19-21-44(22-20-41)36(47)50-38(4,5)6/h11-18,28,30-32H,19-25H2,1-10H3,(H,43,46)/t28?,30?,31?,32-,40?/m0/s1. The molecule has 4 unspecified atom stereocenters. The van der Waals surface area contributed by atoms with Crippen molar-refractivity contribution in [2.24, 2.45) is 17.3 Å². The zero-order valence-corrected chi connectivity index (χ0v) is 32.7. The molecule has 2 aromatic carbocycles. The summed E-state index contributed by atoms with van der Waals surface area (Å²) in [5, 5.41) is 3.42. The van der Waals surface area contributed by atoms with Gasteiger partial charge >= 0.3 is 19.2 Å². The zero-order valence-electron chi connectivity index (χ0n) is 32.7. The summed E-state index contributed by atoms with van der Waals surface area (Å²) in [7, 11) is 0.801. The number of hydrogen-bond acceptors (Lipinski definition) is 8. The fourth-order valence-electron chi connectivity index (χ4n) is 9.11. The summed E-state index contributed by atoms with van der Waals surface area (Å²) >= 11 is 0. The van der Waals surface area contributed by atoms with E-state index in [0.29, 0.717) is 49.1 Å². The zero-order chi connectivity index (χ0) is 37.9. The molecule has 7 rings (SSSR count). The molecule has 2 amide bonds. The number of nitrogens with one attached hydrogen (secondary N) is 1. The highest BCUT2D eigenvalue weighted by Crippen LogP contribution is 2.65. The highest BCUT2D eigenvalue weighted by atomic mass is 16.7. The molecule has 282 valence electrons. The molecule has 5 atom stereocenters. The molecular formula is C41H57BN2O8. The van der Waals surface area contributed by atoms with E-state index < -0.39 is 41.2 Å². The summed E-state index contributed by atoms with van der Waals surface area (Å²) in [6.45, 7) is 18.6. The van der Waals surface area contributed by atoms with Gasteiger partial charge in [0.1, 0.15) is 22.5 Å². The van der Waals surface area contributed by atoms with Gasteiger partial charge in [-0.2, -0.15) is 0 Å². The molecule has 2 aromatic rings. The van der Waals surface area contributed by atoms with Crippen LogP contribution in [0.1, 0.15) is 109 Å². The van der Waals surface area contributed by atoms with Gasteiger partial charge in [-0.05, 0) is 115 Å². The van der Waals surface area contributed by atoms with Gasteiger partial charge in [0.2, 0.25) is 5.91 Å². The molecule has 10 nitrogen and oxygen atoms in total. The van der Waals surface area contributed by atoms with E-state index in [0.717, 1.165) is 24.0 Å². The Morgan fingerprint density at radius 1 is 0.923 bits per heavy atom. The van der Waals surface area contributed by atoms with Gasteiger partial charge in [-0.1, -0.05) is 56.3 Å². The molecule has 2 bridgehead atoms. The first-order chi connectivity index (χ1) is 24.3. The van der Waals surface area contributed by atoms with Crippen LogP contribution in [-0.2, 0) is 35.4 Å². The molecule has 2 aliphatic heterocycles. The third-order valence-corrected chi connectivity index (χ3v) is 12.0. The molecule has 5 fully saturated rings.